The van der Waals surface area contributed by atoms with E-state index in [2.05, 4.69) is 173 Å². The number of pyridine rings is 1. The van der Waals surface area contributed by atoms with Gasteiger partial charge in [-0.05, 0) is 80.2 Å². The summed E-state index contributed by atoms with van der Waals surface area (Å²) >= 11 is 0. The molecule has 2 aromatic heterocycles. The summed E-state index contributed by atoms with van der Waals surface area (Å²) in [5.74, 6) is 0.790. The van der Waals surface area contributed by atoms with E-state index in [9.17, 15) is 0 Å². The molecule has 6 heteroatoms. The number of rotatable bonds is 6. The van der Waals surface area contributed by atoms with Crippen LogP contribution in [0.15, 0.2) is 200 Å². The molecule has 1 N–H and O–H groups in total. The number of para-hydroxylation sites is 3. The molecule has 2 aliphatic rings. The van der Waals surface area contributed by atoms with Crippen LogP contribution in [0, 0.1) is 12.1 Å². The third-order valence-corrected chi connectivity index (χ3v) is 12.2. The fourth-order valence-electron chi connectivity index (χ4n) is 9.61. The normalized spacial score (nSPS) is 14.5. The van der Waals surface area contributed by atoms with E-state index in [-0.39, 0.29) is 21.1 Å². The van der Waals surface area contributed by atoms with Gasteiger partial charge in [0.2, 0.25) is 0 Å². The first kappa shape index (κ1) is 33.8. The van der Waals surface area contributed by atoms with E-state index in [0.717, 1.165) is 88.3 Å². The number of hydrogen-bond donors (Lipinski definition) is 0. The summed E-state index contributed by atoms with van der Waals surface area (Å²) in [6, 6.07) is 74.8. The SMILES string of the molecule is [2H]C([2H])([2H])N1[OH+]N(c2[c-]c(C3(c4[c-]c5c(cc4)c4ccccc4n5-c4cc(-c5ccccc5-c5ccccc5)ccn4)c4ccccc4-c4ccccc43)ccc2)c2ccccc21.[Pt]. The molecule has 0 amide bonds. The Hall–Kier alpha value is -7.04. The minimum Gasteiger partial charge on any atom is -0.319 e. The summed E-state index contributed by atoms with van der Waals surface area (Å²) in [4.78, 5) is 9.72. The third-order valence-electron chi connectivity index (χ3n) is 12.2. The Morgan fingerprint density at radius 1 is 0.541 bits per heavy atom. The van der Waals surface area contributed by atoms with Crippen LogP contribution in [0.5, 0.6) is 0 Å². The molecule has 0 atom stereocenters. The number of hydrogen-bond acceptors (Lipinski definition) is 3. The molecule has 294 valence electrons. The van der Waals surface area contributed by atoms with Gasteiger partial charge in [0, 0.05) is 43.9 Å². The van der Waals surface area contributed by atoms with Crippen LogP contribution in [0.1, 0.15) is 26.4 Å². The van der Waals surface area contributed by atoms with E-state index in [4.69, 9.17) is 9.10 Å². The van der Waals surface area contributed by atoms with Crippen molar-refractivity contribution in [3.63, 3.8) is 0 Å². The second-order valence-electron chi connectivity index (χ2n) is 15.3. The van der Waals surface area contributed by atoms with Gasteiger partial charge in [-0.15, -0.1) is 38.8 Å². The second-order valence-corrected chi connectivity index (χ2v) is 15.3. The van der Waals surface area contributed by atoms with Gasteiger partial charge in [-0.2, -0.15) is 35.3 Å². The van der Waals surface area contributed by atoms with Crippen LogP contribution in [-0.4, -0.2) is 21.5 Å². The molecule has 0 saturated carbocycles. The van der Waals surface area contributed by atoms with Gasteiger partial charge in [0.1, 0.15) is 17.2 Å². The van der Waals surface area contributed by atoms with Crippen molar-refractivity contribution in [1.82, 2.24) is 9.55 Å². The van der Waals surface area contributed by atoms with Gasteiger partial charge >= 0.3 is 0 Å². The maximum Gasteiger partial charge on any atom is 0.145 e. The zero-order chi connectivity index (χ0) is 42.3. The van der Waals surface area contributed by atoms with Gasteiger partial charge in [-0.3, -0.25) is 0 Å². The fraction of sp³-hybridized carbons (Fsp3) is 0.0364. The smallest absolute Gasteiger partial charge is 0.145 e. The topological polar surface area (TPSA) is 37.1 Å². The molecule has 3 heterocycles. The Labute approximate surface area is 373 Å². The maximum atomic E-state index is 8.30. The van der Waals surface area contributed by atoms with Crippen LogP contribution in [0.25, 0.3) is 61.0 Å². The van der Waals surface area contributed by atoms with Crippen molar-refractivity contribution in [2.75, 3.05) is 17.1 Å². The van der Waals surface area contributed by atoms with Crippen LogP contribution >= 0.6 is 0 Å². The molecular formula is C55H37N4OPt-. The zero-order valence-electron chi connectivity index (χ0n) is 35.6. The largest absolute Gasteiger partial charge is 0.319 e. The molecule has 8 aromatic carbocycles. The number of benzene rings is 8. The number of fused-ring (bicyclic) bond motifs is 7. The first-order valence-corrected chi connectivity index (χ1v) is 20.1. The predicted octanol–water partition coefficient (Wildman–Crippen LogP) is 12.9. The molecule has 0 spiro atoms. The molecule has 12 rings (SSSR count). The van der Waals surface area contributed by atoms with Crippen molar-refractivity contribution < 1.29 is 30.1 Å². The zero-order valence-corrected chi connectivity index (χ0v) is 34.9. The number of aromatic nitrogens is 2. The van der Waals surface area contributed by atoms with Gasteiger partial charge in [0.05, 0.1) is 11.1 Å². The van der Waals surface area contributed by atoms with Crippen LogP contribution in [0.2, 0.25) is 0 Å². The monoisotopic (exact) mass is 967 g/mol. The summed E-state index contributed by atoms with van der Waals surface area (Å²) < 4.78 is 27.1. The fourth-order valence-corrected chi connectivity index (χ4v) is 9.61. The maximum absolute atomic E-state index is 8.30. The van der Waals surface area contributed by atoms with Crippen LogP contribution in [-0.2, 0) is 26.5 Å². The molecule has 1 aliphatic carbocycles. The second kappa shape index (κ2) is 14.6. The molecule has 0 bridgehead atoms. The van der Waals surface area contributed by atoms with Gasteiger partial charge in [0.25, 0.3) is 0 Å². The van der Waals surface area contributed by atoms with Crippen molar-refractivity contribution in [1.29, 1.82) is 0 Å². The number of hydroxylamine groups is 1. The Balaban J connectivity index is 0.00000456. The number of anilines is 3. The standard InChI is InChI=1S/C55H36N4O.Pt/c1-57-51-28-13-14-29-52(51)59(60-57)41-19-15-18-39(35-41)55(48-25-10-7-22-44(48)45-23-8-11-26-49(45)55)40-30-31-47-46-24-9-12-27-50(46)58(53(47)36-40)54-34-38(32-33-56-54)43-21-6-5-20-42(43)37-16-3-2-4-17-37;/h2-34H,1H3;/q-2;/p+1/i1D3;. The molecule has 10 aromatic rings. The van der Waals surface area contributed by atoms with Crippen molar-refractivity contribution in [3.05, 3.63) is 235 Å². The van der Waals surface area contributed by atoms with Gasteiger partial charge < -0.3 is 4.57 Å². The summed E-state index contributed by atoms with van der Waals surface area (Å²) in [6.45, 7) is -2.48. The first-order chi connectivity index (χ1) is 30.9. The molecule has 0 saturated heterocycles. The van der Waals surface area contributed by atoms with Crippen molar-refractivity contribution in [2.24, 2.45) is 0 Å². The Morgan fingerprint density at radius 2 is 1.18 bits per heavy atom. The molecular weight excluding hydrogens is 928 g/mol. The molecule has 61 heavy (non-hydrogen) atoms. The van der Waals surface area contributed by atoms with Crippen molar-refractivity contribution >= 4 is 38.9 Å². The summed E-state index contributed by atoms with van der Waals surface area (Å²) in [5.41, 5.74) is 13.7. The Bertz CT molecular complexity index is 3380. The summed E-state index contributed by atoms with van der Waals surface area (Å²) in [5, 5.41) is 4.97. The van der Waals surface area contributed by atoms with Gasteiger partial charge in [0.15, 0.2) is 0 Å². The summed E-state index contributed by atoms with van der Waals surface area (Å²) in [7, 11) is 0. The van der Waals surface area contributed by atoms with E-state index in [0.29, 0.717) is 17.1 Å². The average Bonchev–Trinajstić information content (AvgIpc) is 3.99. The van der Waals surface area contributed by atoms with Crippen molar-refractivity contribution in [3.8, 4) is 39.2 Å². The Kier molecular flexibility index (Phi) is 8.08. The molecule has 0 radical (unpaired) electrons. The minimum atomic E-state index is -2.48. The van der Waals surface area contributed by atoms with E-state index < -0.39 is 12.4 Å². The van der Waals surface area contributed by atoms with Gasteiger partial charge in [-0.25, -0.2) is 4.98 Å². The van der Waals surface area contributed by atoms with E-state index in [1.165, 1.54) is 0 Å². The first-order valence-electron chi connectivity index (χ1n) is 21.6. The molecule has 0 unspecified atom stereocenters. The van der Waals surface area contributed by atoms with E-state index in [1.54, 1.807) is 11.1 Å². The van der Waals surface area contributed by atoms with Crippen molar-refractivity contribution in [2.45, 2.75) is 5.41 Å². The van der Waals surface area contributed by atoms with E-state index >= 15 is 0 Å². The Morgan fingerprint density at radius 3 is 1.95 bits per heavy atom. The summed E-state index contributed by atoms with van der Waals surface area (Å²) in [6.07, 6.45) is 1.90. The van der Waals surface area contributed by atoms with E-state index in [1.807, 2.05) is 42.6 Å². The van der Waals surface area contributed by atoms with Crippen LogP contribution < -0.4 is 10.1 Å². The molecule has 5 nitrogen and oxygen atoms in total. The van der Waals surface area contributed by atoms with Crippen LogP contribution in [0.3, 0.4) is 0 Å². The molecule has 0 fully saturated rings. The predicted molar refractivity (Wildman–Crippen MR) is 243 cm³/mol. The molecule has 1 aliphatic heterocycles. The number of nitrogens with zero attached hydrogens (tertiary/aromatic N) is 4. The van der Waals surface area contributed by atoms with Gasteiger partial charge in [-0.1, -0.05) is 139 Å². The quantitative estimate of drug-likeness (QED) is 0.123. The van der Waals surface area contributed by atoms with Crippen LogP contribution in [0.4, 0.5) is 17.1 Å². The third kappa shape index (κ3) is 5.58. The minimum absolute atomic E-state index is 0. The average molecular weight is 968 g/mol.